The Morgan fingerprint density at radius 3 is 2.74 bits per heavy atom. The number of amides is 3. The van der Waals surface area contributed by atoms with Crippen molar-refractivity contribution < 1.29 is 19.1 Å². The van der Waals surface area contributed by atoms with Gasteiger partial charge in [-0.2, -0.15) is 5.10 Å². The second-order valence-corrected chi connectivity index (χ2v) is 12.1. The molecule has 42 heavy (non-hydrogen) atoms. The highest BCUT2D eigenvalue weighted by molar-refractivity contribution is 7.17. The van der Waals surface area contributed by atoms with Crippen LogP contribution in [-0.2, 0) is 16.1 Å². The van der Waals surface area contributed by atoms with Gasteiger partial charge in [-0.25, -0.2) is 0 Å². The molecule has 1 N–H and O–H groups in total. The van der Waals surface area contributed by atoms with E-state index in [1.165, 1.54) is 11.3 Å². The van der Waals surface area contributed by atoms with Crippen LogP contribution in [-0.4, -0.2) is 76.1 Å². The van der Waals surface area contributed by atoms with Crippen molar-refractivity contribution in [3.05, 3.63) is 82.5 Å². The van der Waals surface area contributed by atoms with Crippen LogP contribution in [0.25, 0.3) is 10.1 Å². The number of aromatic nitrogens is 2. The quantitative estimate of drug-likeness (QED) is 0.390. The van der Waals surface area contributed by atoms with Gasteiger partial charge in [-0.05, 0) is 56.5 Å². The highest BCUT2D eigenvalue weighted by Gasteiger charge is 2.38. The number of fused-ring (bicyclic) bond motifs is 5. The van der Waals surface area contributed by atoms with Crippen LogP contribution < -0.4 is 10.1 Å². The van der Waals surface area contributed by atoms with Crippen molar-refractivity contribution in [2.75, 3.05) is 32.8 Å². The molecule has 2 atom stereocenters. The average molecular weight is 586 g/mol. The Morgan fingerprint density at radius 1 is 1.05 bits per heavy atom. The molecular formula is C32H35N5O4S. The van der Waals surface area contributed by atoms with E-state index in [4.69, 9.17) is 4.74 Å². The maximum absolute atomic E-state index is 13.7. The number of hydrogen-bond acceptors (Lipinski definition) is 6. The Hall–Kier alpha value is -4.18. The van der Waals surface area contributed by atoms with Crippen LogP contribution in [0.2, 0.25) is 0 Å². The molecule has 3 amide bonds. The summed E-state index contributed by atoms with van der Waals surface area (Å²) >= 11 is 1.53. The number of benzene rings is 2. The first-order chi connectivity index (χ1) is 20.4. The second kappa shape index (κ2) is 12.0. The van der Waals surface area contributed by atoms with Crippen LogP contribution in [0.15, 0.2) is 60.0 Å². The van der Waals surface area contributed by atoms with Crippen LogP contribution in [0.1, 0.15) is 46.1 Å². The smallest absolute Gasteiger partial charge is 0.255 e. The molecule has 0 spiro atoms. The van der Waals surface area contributed by atoms with Crippen molar-refractivity contribution in [2.24, 2.45) is 0 Å². The molecule has 2 aromatic heterocycles. The van der Waals surface area contributed by atoms with Gasteiger partial charge in [-0.3, -0.25) is 19.1 Å². The lowest BCUT2D eigenvalue weighted by Gasteiger charge is -2.26. The van der Waals surface area contributed by atoms with E-state index in [9.17, 15) is 14.4 Å². The Balaban J connectivity index is 1.24. The van der Waals surface area contributed by atoms with Crippen LogP contribution in [0.4, 0.5) is 0 Å². The minimum absolute atomic E-state index is 0.0468. The summed E-state index contributed by atoms with van der Waals surface area (Å²) in [5.41, 5.74) is 3.43. The fourth-order valence-electron chi connectivity index (χ4n) is 5.98. The van der Waals surface area contributed by atoms with Crippen molar-refractivity contribution in [1.82, 2.24) is 24.9 Å². The van der Waals surface area contributed by atoms with Gasteiger partial charge in [-0.15, -0.1) is 11.3 Å². The fraction of sp³-hybridized carbons (Fsp3) is 0.375. The topological polar surface area (TPSA) is 96.8 Å². The first kappa shape index (κ1) is 28.0. The summed E-state index contributed by atoms with van der Waals surface area (Å²) in [4.78, 5) is 44.1. The molecule has 9 nitrogen and oxygen atoms in total. The molecule has 4 heterocycles. The van der Waals surface area contributed by atoms with Crippen molar-refractivity contribution in [3.8, 4) is 5.75 Å². The third-order valence-electron chi connectivity index (χ3n) is 8.12. The zero-order valence-corrected chi connectivity index (χ0v) is 24.7. The van der Waals surface area contributed by atoms with Crippen molar-refractivity contribution >= 4 is 39.1 Å². The molecule has 6 rings (SSSR count). The molecule has 2 bridgehead atoms. The summed E-state index contributed by atoms with van der Waals surface area (Å²) in [6.07, 6.45) is 1.46. The van der Waals surface area contributed by atoms with Gasteiger partial charge in [0, 0.05) is 46.7 Å². The molecule has 0 radical (unpaired) electrons. The highest BCUT2D eigenvalue weighted by Crippen LogP contribution is 2.31. The predicted octanol–water partition coefficient (Wildman–Crippen LogP) is 4.14. The lowest BCUT2D eigenvalue weighted by Crippen LogP contribution is -2.47. The van der Waals surface area contributed by atoms with Gasteiger partial charge in [0.1, 0.15) is 12.3 Å². The summed E-state index contributed by atoms with van der Waals surface area (Å²) in [6, 6.07) is 17.4. The summed E-state index contributed by atoms with van der Waals surface area (Å²) in [5, 5.41) is 10.4. The first-order valence-electron chi connectivity index (χ1n) is 14.4. The summed E-state index contributed by atoms with van der Waals surface area (Å²) in [7, 11) is 0. The predicted molar refractivity (Wildman–Crippen MR) is 162 cm³/mol. The van der Waals surface area contributed by atoms with Crippen LogP contribution in [0.3, 0.4) is 0 Å². The zero-order chi connectivity index (χ0) is 29.2. The normalized spacial score (nSPS) is 19.6. The van der Waals surface area contributed by atoms with E-state index in [-0.39, 0.29) is 42.8 Å². The van der Waals surface area contributed by atoms with E-state index >= 15 is 0 Å². The Bertz CT molecular complexity index is 1630. The molecule has 2 aliphatic heterocycles. The molecular weight excluding hydrogens is 550 g/mol. The number of aryl methyl sites for hydroxylation is 2. The Morgan fingerprint density at radius 2 is 1.90 bits per heavy atom. The molecule has 1 fully saturated rings. The van der Waals surface area contributed by atoms with Crippen LogP contribution in [0.5, 0.6) is 5.75 Å². The summed E-state index contributed by atoms with van der Waals surface area (Å²) in [5.74, 6) is 0.227. The Kier molecular flexibility index (Phi) is 7.97. The largest absolute Gasteiger partial charge is 0.494 e. The van der Waals surface area contributed by atoms with Gasteiger partial charge < -0.3 is 19.9 Å². The Labute approximate surface area is 249 Å². The van der Waals surface area contributed by atoms with Crippen molar-refractivity contribution in [2.45, 2.75) is 45.2 Å². The van der Waals surface area contributed by atoms with Gasteiger partial charge in [0.2, 0.25) is 11.8 Å². The second-order valence-electron chi connectivity index (χ2n) is 11.2. The third kappa shape index (κ3) is 5.90. The lowest BCUT2D eigenvalue weighted by atomic mass is 9.94. The van der Waals surface area contributed by atoms with Gasteiger partial charge in [0.15, 0.2) is 0 Å². The molecule has 218 valence electrons. The number of thiophene rings is 1. The summed E-state index contributed by atoms with van der Waals surface area (Å²) < 4.78 is 8.84. The number of hydrogen-bond donors (Lipinski definition) is 1. The standard InChI is InChI=1S/C32H35N5O4S/c1-21-14-22(2)37(34-21)19-31(39)36-16-26-23-8-7-9-24(15-23)41-13-6-5-12-35(18-30(38)33-28(26)17-36)32(40)27-20-42-29-11-4-3-10-25(27)29/h3-4,7-11,14-15,20,26,28H,5-6,12-13,16-19H2,1-2H3,(H,33,38)/t26-,28+/m1/s1. The van der Waals surface area contributed by atoms with Gasteiger partial charge in [-0.1, -0.05) is 30.3 Å². The maximum atomic E-state index is 13.7. The SMILES string of the molecule is Cc1cc(C)n(CC(=O)N2C[C@@H]3NC(=O)CN(C(=O)c4csc5ccccc45)CCCCOc4cccc(c4)[C@H]3C2)n1. The van der Waals surface area contributed by atoms with Crippen LogP contribution in [0, 0.1) is 13.8 Å². The van der Waals surface area contributed by atoms with E-state index in [0.717, 1.165) is 39.2 Å². The zero-order valence-electron chi connectivity index (χ0n) is 23.9. The number of nitrogens with zero attached hydrogens (tertiary/aromatic N) is 4. The highest BCUT2D eigenvalue weighted by atomic mass is 32.1. The van der Waals surface area contributed by atoms with E-state index in [2.05, 4.69) is 10.4 Å². The number of ether oxygens (including phenoxy) is 1. The van der Waals surface area contributed by atoms with Crippen molar-refractivity contribution in [1.29, 1.82) is 0 Å². The number of likely N-dealkylation sites (tertiary alicyclic amines) is 1. The fourth-order valence-corrected chi connectivity index (χ4v) is 6.91. The lowest BCUT2D eigenvalue weighted by molar-refractivity contribution is -0.131. The molecule has 0 unspecified atom stereocenters. The van der Waals surface area contributed by atoms with Gasteiger partial charge in [0.05, 0.1) is 30.5 Å². The van der Waals surface area contributed by atoms with E-state index in [1.807, 2.05) is 73.8 Å². The molecule has 4 aromatic rings. The number of rotatable bonds is 3. The minimum atomic E-state index is -0.306. The molecule has 1 saturated heterocycles. The number of carbonyl (C=O) groups excluding carboxylic acids is 3. The van der Waals surface area contributed by atoms with E-state index in [1.54, 1.807) is 14.5 Å². The first-order valence-corrected chi connectivity index (χ1v) is 15.3. The molecule has 2 aliphatic rings. The molecule has 0 saturated carbocycles. The number of carbonyl (C=O) groups is 3. The molecule has 2 aromatic carbocycles. The molecule has 0 aliphatic carbocycles. The van der Waals surface area contributed by atoms with E-state index in [0.29, 0.717) is 38.2 Å². The van der Waals surface area contributed by atoms with Crippen molar-refractivity contribution in [3.63, 3.8) is 0 Å². The monoisotopic (exact) mass is 585 g/mol. The summed E-state index contributed by atoms with van der Waals surface area (Å²) in [6.45, 7) is 5.75. The van der Waals surface area contributed by atoms with Crippen LogP contribution >= 0.6 is 11.3 Å². The average Bonchev–Trinajstić information content (AvgIpc) is 3.68. The molecule has 10 heteroatoms. The van der Waals surface area contributed by atoms with Gasteiger partial charge >= 0.3 is 0 Å². The maximum Gasteiger partial charge on any atom is 0.255 e. The number of nitrogens with one attached hydrogen (secondary N) is 1. The third-order valence-corrected chi connectivity index (χ3v) is 9.08. The minimum Gasteiger partial charge on any atom is -0.494 e. The van der Waals surface area contributed by atoms with E-state index < -0.39 is 0 Å². The van der Waals surface area contributed by atoms with Gasteiger partial charge in [0.25, 0.3) is 5.91 Å².